The summed E-state index contributed by atoms with van der Waals surface area (Å²) in [5.74, 6) is -0.649. The lowest BCUT2D eigenvalue weighted by atomic mass is 10.0. The van der Waals surface area contributed by atoms with Crippen molar-refractivity contribution in [2.75, 3.05) is 13.2 Å². The number of benzene rings is 1. The number of rotatable bonds is 4. The van der Waals surface area contributed by atoms with E-state index in [0.29, 0.717) is 6.61 Å². The molecule has 2 atom stereocenters. The van der Waals surface area contributed by atoms with Crippen LogP contribution < -0.4 is 0 Å². The summed E-state index contributed by atoms with van der Waals surface area (Å²) in [4.78, 5) is 0. The Morgan fingerprint density at radius 3 is 2.69 bits per heavy atom. The topological polar surface area (TPSA) is 38.7 Å². The molecule has 3 nitrogen and oxygen atoms in total. The predicted molar refractivity (Wildman–Crippen MR) is 60.9 cm³/mol. The number of ether oxygens (including phenoxy) is 2. The maximum atomic E-state index is 9.11. The van der Waals surface area contributed by atoms with Crippen LogP contribution in [0.1, 0.15) is 25.3 Å². The minimum absolute atomic E-state index is 0.0122. The zero-order valence-electron chi connectivity index (χ0n) is 9.56. The van der Waals surface area contributed by atoms with Gasteiger partial charge in [-0.3, -0.25) is 0 Å². The Bertz CT molecular complexity index is 325. The van der Waals surface area contributed by atoms with E-state index in [1.165, 1.54) is 0 Å². The molecule has 0 bridgehead atoms. The highest BCUT2D eigenvalue weighted by Gasteiger charge is 2.41. The second-order valence-corrected chi connectivity index (χ2v) is 4.10. The van der Waals surface area contributed by atoms with Crippen molar-refractivity contribution in [3.8, 4) is 0 Å². The Hall–Kier alpha value is -0.900. The van der Waals surface area contributed by atoms with Crippen LogP contribution in [0.15, 0.2) is 30.3 Å². The van der Waals surface area contributed by atoms with Crippen molar-refractivity contribution < 1.29 is 14.6 Å². The lowest BCUT2D eigenvalue weighted by molar-refractivity contribution is -0.185. The Balaban J connectivity index is 2.23. The third-order valence-corrected chi connectivity index (χ3v) is 2.86. The molecule has 1 fully saturated rings. The first kappa shape index (κ1) is 11.6. The fraction of sp³-hybridized carbons (Fsp3) is 0.538. The van der Waals surface area contributed by atoms with Gasteiger partial charge in [0, 0.05) is 12.0 Å². The zero-order valence-corrected chi connectivity index (χ0v) is 9.56. The summed E-state index contributed by atoms with van der Waals surface area (Å²) < 4.78 is 11.6. The molecule has 1 aliphatic heterocycles. The van der Waals surface area contributed by atoms with Crippen LogP contribution in [-0.2, 0) is 15.3 Å². The molecule has 0 unspecified atom stereocenters. The molecule has 1 saturated heterocycles. The van der Waals surface area contributed by atoms with E-state index in [0.717, 1.165) is 18.4 Å². The largest absolute Gasteiger partial charge is 0.394 e. The zero-order chi connectivity index (χ0) is 11.4. The van der Waals surface area contributed by atoms with Crippen molar-refractivity contribution in [2.24, 2.45) is 0 Å². The molecular formula is C13H18O3. The minimum atomic E-state index is -0.649. The Morgan fingerprint density at radius 1 is 1.38 bits per heavy atom. The summed E-state index contributed by atoms with van der Waals surface area (Å²) in [6.45, 7) is 2.58. The number of hydrogen-bond donors (Lipinski definition) is 1. The third-order valence-electron chi connectivity index (χ3n) is 2.86. The van der Waals surface area contributed by atoms with E-state index in [1.54, 1.807) is 0 Å². The van der Waals surface area contributed by atoms with Crippen molar-refractivity contribution in [3.05, 3.63) is 35.9 Å². The second-order valence-electron chi connectivity index (χ2n) is 4.10. The molecule has 16 heavy (non-hydrogen) atoms. The fourth-order valence-corrected chi connectivity index (χ4v) is 2.10. The van der Waals surface area contributed by atoms with Gasteiger partial charge in [0.15, 0.2) is 5.79 Å². The molecule has 1 heterocycles. The lowest BCUT2D eigenvalue weighted by Gasteiger charge is -2.28. The number of hydrogen-bond acceptors (Lipinski definition) is 3. The van der Waals surface area contributed by atoms with E-state index in [1.807, 2.05) is 30.3 Å². The second kappa shape index (κ2) is 4.95. The summed E-state index contributed by atoms with van der Waals surface area (Å²) in [7, 11) is 0. The van der Waals surface area contributed by atoms with E-state index < -0.39 is 5.79 Å². The minimum Gasteiger partial charge on any atom is -0.394 e. The highest BCUT2D eigenvalue weighted by atomic mass is 16.7. The lowest BCUT2D eigenvalue weighted by Crippen LogP contribution is -2.28. The van der Waals surface area contributed by atoms with Crippen molar-refractivity contribution in [1.82, 2.24) is 0 Å². The van der Waals surface area contributed by atoms with Crippen LogP contribution in [0.3, 0.4) is 0 Å². The van der Waals surface area contributed by atoms with Crippen molar-refractivity contribution in [1.29, 1.82) is 0 Å². The number of aliphatic hydroxyl groups is 1. The summed E-state index contributed by atoms with van der Waals surface area (Å²) in [6.07, 6.45) is 1.59. The molecule has 1 aliphatic rings. The van der Waals surface area contributed by atoms with Gasteiger partial charge in [-0.05, 0) is 0 Å². The monoisotopic (exact) mass is 222 g/mol. The van der Waals surface area contributed by atoms with E-state index in [4.69, 9.17) is 14.6 Å². The molecule has 0 spiro atoms. The molecule has 2 rings (SSSR count). The van der Waals surface area contributed by atoms with Crippen molar-refractivity contribution in [2.45, 2.75) is 31.7 Å². The van der Waals surface area contributed by atoms with Gasteiger partial charge in [-0.1, -0.05) is 43.7 Å². The standard InChI is InChI=1S/C13H18O3/c1-2-8-13(11-6-4-3-5-7-11)15-10-12(9-14)16-13/h3-7,12,14H,2,8-10H2,1H3/t12-,13-/m0/s1. The molecule has 88 valence electrons. The first-order chi connectivity index (χ1) is 7.80. The van der Waals surface area contributed by atoms with Crippen LogP contribution in [0, 0.1) is 0 Å². The maximum absolute atomic E-state index is 9.11. The molecule has 1 aromatic rings. The van der Waals surface area contributed by atoms with E-state index in [-0.39, 0.29) is 12.7 Å². The van der Waals surface area contributed by atoms with Crippen molar-refractivity contribution in [3.63, 3.8) is 0 Å². The molecule has 0 saturated carbocycles. The van der Waals surface area contributed by atoms with Gasteiger partial charge in [-0.25, -0.2) is 0 Å². The van der Waals surface area contributed by atoms with Gasteiger partial charge in [0.2, 0.25) is 0 Å². The van der Waals surface area contributed by atoms with Crippen LogP contribution >= 0.6 is 0 Å². The molecule has 3 heteroatoms. The van der Waals surface area contributed by atoms with Gasteiger partial charge in [-0.15, -0.1) is 0 Å². The predicted octanol–water partition coefficient (Wildman–Crippen LogP) is 2.05. The average molecular weight is 222 g/mol. The van der Waals surface area contributed by atoms with Crippen LogP contribution in [0.25, 0.3) is 0 Å². The first-order valence-corrected chi connectivity index (χ1v) is 5.79. The van der Waals surface area contributed by atoms with Crippen molar-refractivity contribution >= 4 is 0 Å². The number of aliphatic hydroxyl groups excluding tert-OH is 1. The van der Waals surface area contributed by atoms with Crippen LogP contribution in [0.4, 0.5) is 0 Å². The van der Waals surface area contributed by atoms with Gasteiger partial charge in [0.25, 0.3) is 0 Å². The Labute approximate surface area is 96.0 Å². The molecule has 1 N–H and O–H groups in total. The highest BCUT2D eigenvalue weighted by molar-refractivity contribution is 5.21. The summed E-state index contributed by atoms with van der Waals surface area (Å²) in [5, 5.41) is 9.11. The average Bonchev–Trinajstić information content (AvgIpc) is 2.76. The molecule has 0 aliphatic carbocycles. The Kier molecular flexibility index (Phi) is 3.59. The Morgan fingerprint density at radius 2 is 2.12 bits per heavy atom. The molecule has 0 aromatic heterocycles. The van der Waals surface area contributed by atoms with Gasteiger partial charge >= 0.3 is 0 Å². The summed E-state index contributed by atoms with van der Waals surface area (Å²) in [5.41, 5.74) is 1.04. The SMILES string of the molecule is CCC[C@]1(c2ccccc2)OC[C@H](CO)O1. The molecule has 1 aromatic carbocycles. The highest BCUT2D eigenvalue weighted by Crippen LogP contribution is 2.38. The van der Waals surface area contributed by atoms with Gasteiger partial charge in [-0.2, -0.15) is 0 Å². The van der Waals surface area contributed by atoms with Crippen LogP contribution in [0.5, 0.6) is 0 Å². The van der Waals surface area contributed by atoms with E-state index >= 15 is 0 Å². The van der Waals surface area contributed by atoms with Crippen LogP contribution in [0.2, 0.25) is 0 Å². The van der Waals surface area contributed by atoms with E-state index in [9.17, 15) is 0 Å². The summed E-state index contributed by atoms with van der Waals surface area (Å²) in [6, 6.07) is 9.95. The summed E-state index contributed by atoms with van der Waals surface area (Å²) >= 11 is 0. The van der Waals surface area contributed by atoms with Gasteiger partial charge < -0.3 is 14.6 Å². The van der Waals surface area contributed by atoms with E-state index in [2.05, 4.69) is 6.92 Å². The smallest absolute Gasteiger partial charge is 0.195 e. The maximum Gasteiger partial charge on any atom is 0.195 e. The first-order valence-electron chi connectivity index (χ1n) is 5.79. The fourth-order valence-electron chi connectivity index (χ4n) is 2.10. The molecule has 0 radical (unpaired) electrons. The molecule has 0 amide bonds. The normalized spacial score (nSPS) is 29.5. The third kappa shape index (κ3) is 2.12. The van der Waals surface area contributed by atoms with Gasteiger partial charge in [0.05, 0.1) is 13.2 Å². The quantitative estimate of drug-likeness (QED) is 0.847. The molecular weight excluding hydrogens is 204 g/mol. The van der Waals surface area contributed by atoms with Crippen LogP contribution in [-0.4, -0.2) is 24.4 Å². The van der Waals surface area contributed by atoms with Gasteiger partial charge in [0.1, 0.15) is 6.10 Å².